The van der Waals surface area contributed by atoms with Gasteiger partial charge in [0.2, 0.25) is 11.8 Å². The van der Waals surface area contributed by atoms with E-state index in [9.17, 15) is 9.59 Å². The second kappa shape index (κ2) is 11.2. The summed E-state index contributed by atoms with van der Waals surface area (Å²) in [5.74, 6) is 0.0956. The second-order valence-electron chi connectivity index (χ2n) is 9.47. The summed E-state index contributed by atoms with van der Waals surface area (Å²) in [4.78, 5) is 30.2. The fraction of sp³-hybridized carbons (Fsp3) is 0.379. The van der Waals surface area contributed by atoms with E-state index in [0.717, 1.165) is 30.6 Å². The smallest absolute Gasteiger partial charge is 0.242 e. The monoisotopic (exact) mass is 457 g/mol. The molecular weight excluding hydrogens is 422 g/mol. The molecule has 1 aromatic heterocycles. The van der Waals surface area contributed by atoms with Crippen LogP contribution in [0.5, 0.6) is 0 Å². The van der Waals surface area contributed by atoms with E-state index in [0.29, 0.717) is 19.4 Å². The van der Waals surface area contributed by atoms with Gasteiger partial charge in [-0.3, -0.25) is 9.59 Å². The summed E-state index contributed by atoms with van der Waals surface area (Å²) in [7, 11) is 0. The predicted molar refractivity (Wildman–Crippen MR) is 135 cm³/mol. The Bertz CT molecular complexity index is 1070. The third kappa shape index (κ3) is 6.37. The summed E-state index contributed by atoms with van der Waals surface area (Å²) >= 11 is 0. The Labute approximate surface area is 203 Å². The molecule has 1 aliphatic carbocycles. The lowest BCUT2D eigenvalue weighted by molar-refractivity contribution is -0.142. The number of rotatable bonds is 11. The molecule has 0 atom stereocenters. The minimum atomic E-state index is 0.0161. The number of amides is 2. The number of aryl methyl sites for hydroxylation is 1. The molecule has 0 radical (unpaired) electrons. The summed E-state index contributed by atoms with van der Waals surface area (Å²) in [6.45, 7) is 5.56. The van der Waals surface area contributed by atoms with E-state index >= 15 is 0 Å². The van der Waals surface area contributed by atoms with Crippen LogP contribution in [-0.4, -0.2) is 44.8 Å². The van der Waals surface area contributed by atoms with Gasteiger partial charge < -0.3 is 14.4 Å². The van der Waals surface area contributed by atoms with Gasteiger partial charge in [0.25, 0.3) is 0 Å². The number of nitrogens with zero attached hydrogens (tertiary/aromatic N) is 3. The van der Waals surface area contributed by atoms with Crippen LogP contribution >= 0.6 is 0 Å². The molecule has 5 heteroatoms. The van der Waals surface area contributed by atoms with Crippen molar-refractivity contribution in [2.45, 2.75) is 64.7 Å². The van der Waals surface area contributed by atoms with Crippen molar-refractivity contribution in [2.75, 3.05) is 6.54 Å². The molecule has 1 fully saturated rings. The Balaban J connectivity index is 1.40. The standard InChI is InChI=1S/C29H35N3O2/c1-23(2)31(21-27-14-9-19-30(27)20-25-12-7-4-8-13-25)29(34)22-32(26-16-17-26)28(33)18-15-24-10-5-3-6-11-24/h3-14,19,23,26H,15-18,20-22H2,1-2H3. The predicted octanol–water partition coefficient (Wildman–Crippen LogP) is 4.90. The number of aromatic nitrogens is 1. The lowest BCUT2D eigenvalue weighted by Crippen LogP contribution is -2.46. The van der Waals surface area contributed by atoms with Crippen molar-refractivity contribution in [2.24, 2.45) is 0 Å². The summed E-state index contributed by atoms with van der Waals surface area (Å²) in [6.07, 6.45) is 5.19. The van der Waals surface area contributed by atoms with E-state index in [-0.39, 0.29) is 30.4 Å². The van der Waals surface area contributed by atoms with Gasteiger partial charge in [-0.25, -0.2) is 0 Å². The first-order valence-corrected chi connectivity index (χ1v) is 12.3. The molecule has 5 nitrogen and oxygen atoms in total. The van der Waals surface area contributed by atoms with Crippen molar-refractivity contribution in [1.82, 2.24) is 14.4 Å². The van der Waals surface area contributed by atoms with Gasteiger partial charge in [-0.2, -0.15) is 0 Å². The first-order valence-electron chi connectivity index (χ1n) is 12.3. The van der Waals surface area contributed by atoms with Gasteiger partial charge in [-0.1, -0.05) is 60.7 Å². The van der Waals surface area contributed by atoms with Crippen LogP contribution in [0.2, 0.25) is 0 Å². The normalized spacial score (nSPS) is 13.1. The summed E-state index contributed by atoms with van der Waals surface area (Å²) in [5, 5.41) is 0. The van der Waals surface area contributed by atoms with Crippen molar-refractivity contribution in [3.05, 3.63) is 95.8 Å². The minimum Gasteiger partial charge on any atom is -0.345 e. The Morgan fingerprint density at radius 1 is 0.882 bits per heavy atom. The summed E-state index contributed by atoms with van der Waals surface area (Å²) in [6, 6.07) is 24.8. The van der Waals surface area contributed by atoms with Gasteiger partial charge >= 0.3 is 0 Å². The Hall–Kier alpha value is -3.34. The molecule has 0 unspecified atom stereocenters. The van der Waals surface area contributed by atoms with Crippen molar-refractivity contribution in [1.29, 1.82) is 0 Å². The van der Waals surface area contributed by atoms with Crippen molar-refractivity contribution < 1.29 is 9.59 Å². The van der Waals surface area contributed by atoms with Crippen LogP contribution in [0.15, 0.2) is 79.0 Å². The van der Waals surface area contributed by atoms with Gasteiger partial charge in [0, 0.05) is 36.9 Å². The molecule has 1 aliphatic rings. The van der Waals surface area contributed by atoms with Crippen LogP contribution in [0, 0.1) is 0 Å². The maximum absolute atomic E-state index is 13.4. The SMILES string of the molecule is CC(C)N(Cc1cccn1Cc1ccccc1)C(=O)CN(C(=O)CCc1ccccc1)C1CC1. The minimum absolute atomic E-state index is 0.0161. The number of carbonyl (C=O) groups excluding carboxylic acids is 2. The van der Waals surface area contributed by atoms with Crippen molar-refractivity contribution >= 4 is 11.8 Å². The number of hydrogen-bond donors (Lipinski definition) is 0. The van der Waals surface area contributed by atoms with Crippen molar-refractivity contribution in [3.8, 4) is 0 Å². The average Bonchev–Trinajstić information content (AvgIpc) is 3.60. The van der Waals surface area contributed by atoms with Gasteiger partial charge in [0.1, 0.15) is 6.54 Å². The first kappa shape index (κ1) is 23.8. The molecule has 0 aliphatic heterocycles. The number of hydrogen-bond acceptors (Lipinski definition) is 2. The molecule has 0 spiro atoms. The molecule has 178 valence electrons. The maximum Gasteiger partial charge on any atom is 0.242 e. The quantitative estimate of drug-likeness (QED) is 0.411. The molecule has 2 amide bonds. The van der Waals surface area contributed by atoms with Crippen LogP contribution in [0.25, 0.3) is 0 Å². The first-order chi connectivity index (χ1) is 16.5. The highest BCUT2D eigenvalue weighted by Gasteiger charge is 2.35. The molecule has 0 N–H and O–H groups in total. The van der Waals surface area contributed by atoms with Gasteiger partial charge in [-0.15, -0.1) is 0 Å². The zero-order valence-electron chi connectivity index (χ0n) is 20.3. The zero-order valence-corrected chi connectivity index (χ0v) is 20.3. The maximum atomic E-state index is 13.4. The van der Waals surface area contributed by atoms with Gasteiger partial charge in [0.15, 0.2) is 0 Å². The van der Waals surface area contributed by atoms with Gasteiger partial charge in [-0.05, 0) is 56.4 Å². The topological polar surface area (TPSA) is 45.6 Å². The fourth-order valence-electron chi connectivity index (χ4n) is 4.34. The van der Waals surface area contributed by atoms with E-state index in [1.807, 2.05) is 78.2 Å². The van der Waals surface area contributed by atoms with E-state index in [1.165, 1.54) is 5.56 Å². The van der Waals surface area contributed by atoms with E-state index < -0.39 is 0 Å². The highest BCUT2D eigenvalue weighted by molar-refractivity contribution is 5.85. The lowest BCUT2D eigenvalue weighted by Gasteiger charge is -2.31. The fourth-order valence-corrected chi connectivity index (χ4v) is 4.34. The lowest BCUT2D eigenvalue weighted by atomic mass is 10.1. The Morgan fingerprint density at radius 3 is 2.15 bits per heavy atom. The molecule has 2 aromatic carbocycles. The zero-order chi connectivity index (χ0) is 23.9. The van der Waals surface area contributed by atoms with E-state index in [4.69, 9.17) is 0 Å². The van der Waals surface area contributed by atoms with Gasteiger partial charge in [0.05, 0.1) is 6.54 Å². The van der Waals surface area contributed by atoms with Crippen LogP contribution in [0.4, 0.5) is 0 Å². The largest absolute Gasteiger partial charge is 0.345 e. The van der Waals surface area contributed by atoms with Crippen LogP contribution in [0.1, 0.15) is 49.9 Å². The van der Waals surface area contributed by atoms with E-state index in [1.54, 1.807) is 0 Å². The van der Waals surface area contributed by atoms with E-state index in [2.05, 4.69) is 29.0 Å². The Kier molecular flexibility index (Phi) is 7.84. The van der Waals surface area contributed by atoms with Crippen LogP contribution in [0.3, 0.4) is 0 Å². The third-order valence-corrected chi connectivity index (χ3v) is 6.48. The third-order valence-electron chi connectivity index (χ3n) is 6.48. The molecule has 0 bridgehead atoms. The van der Waals surface area contributed by atoms with Crippen LogP contribution < -0.4 is 0 Å². The number of benzene rings is 2. The Morgan fingerprint density at radius 2 is 1.53 bits per heavy atom. The molecule has 4 rings (SSSR count). The highest BCUT2D eigenvalue weighted by atomic mass is 16.2. The molecule has 1 saturated carbocycles. The molecule has 1 heterocycles. The van der Waals surface area contributed by atoms with Crippen molar-refractivity contribution in [3.63, 3.8) is 0 Å². The highest BCUT2D eigenvalue weighted by Crippen LogP contribution is 2.28. The molecule has 34 heavy (non-hydrogen) atoms. The molecule has 0 saturated heterocycles. The summed E-state index contributed by atoms with van der Waals surface area (Å²) < 4.78 is 2.20. The molecule has 3 aromatic rings. The summed E-state index contributed by atoms with van der Waals surface area (Å²) in [5.41, 5.74) is 3.48. The van der Waals surface area contributed by atoms with Crippen LogP contribution in [-0.2, 0) is 29.1 Å². The number of carbonyl (C=O) groups is 2. The average molecular weight is 458 g/mol. The molecular formula is C29H35N3O2. The second-order valence-corrected chi connectivity index (χ2v) is 9.47.